The van der Waals surface area contributed by atoms with Gasteiger partial charge in [0.15, 0.2) is 0 Å². The van der Waals surface area contributed by atoms with Crippen LogP contribution >= 0.6 is 11.3 Å². The van der Waals surface area contributed by atoms with Crippen molar-refractivity contribution in [3.8, 4) is 0 Å². The van der Waals surface area contributed by atoms with Crippen molar-refractivity contribution >= 4 is 33.3 Å². The Morgan fingerprint density at radius 3 is 2.88 bits per heavy atom. The average molecular weight is 371 g/mol. The number of hydrogen-bond acceptors (Lipinski definition) is 5. The van der Waals surface area contributed by atoms with Gasteiger partial charge in [0.25, 0.3) is 5.56 Å². The fourth-order valence-electron chi connectivity index (χ4n) is 3.57. The number of hydrogen-bond donors (Lipinski definition) is 1. The Kier molecular flexibility index (Phi) is 4.36. The molecule has 0 unspecified atom stereocenters. The zero-order valence-electron chi connectivity index (χ0n) is 14.9. The average Bonchev–Trinajstić information content (AvgIpc) is 3.32. The largest absolute Gasteiger partial charge is 0.309 e. The van der Waals surface area contributed by atoms with E-state index >= 15 is 0 Å². The Hall–Kier alpha value is -2.48. The van der Waals surface area contributed by atoms with E-state index in [1.165, 1.54) is 35.1 Å². The van der Waals surface area contributed by atoms with Crippen molar-refractivity contribution in [2.75, 3.05) is 5.32 Å². The van der Waals surface area contributed by atoms with Crippen molar-refractivity contribution in [2.45, 2.75) is 52.1 Å². The summed E-state index contributed by atoms with van der Waals surface area (Å²) in [6, 6.07) is 2.14. The van der Waals surface area contributed by atoms with E-state index in [2.05, 4.69) is 15.4 Å². The first-order valence-corrected chi connectivity index (χ1v) is 9.64. The zero-order chi connectivity index (χ0) is 18.3. The van der Waals surface area contributed by atoms with Gasteiger partial charge in [-0.1, -0.05) is 12.8 Å². The number of nitrogens with one attached hydrogen (secondary N) is 1. The number of aromatic nitrogens is 4. The van der Waals surface area contributed by atoms with Crippen LogP contribution < -0.4 is 10.9 Å². The summed E-state index contributed by atoms with van der Waals surface area (Å²) < 4.78 is 3.26. The van der Waals surface area contributed by atoms with Crippen LogP contribution in [-0.2, 0) is 11.3 Å². The molecule has 1 N–H and O–H groups in total. The maximum Gasteiger partial charge on any atom is 0.262 e. The van der Waals surface area contributed by atoms with Crippen LogP contribution in [0, 0.1) is 13.8 Å². The first kappa shape index (κ1) is 17.0. The topological polar surface area (TPSA) is 81.8 Å². The first-order chi connectivity index (χ1) is 12.5. The summed E-state index contributed by atoms with van der Waals surface area (Å²) in [5, 5.41) is 7.85. The summed E-state index contributed by atoms with van der Waals surface area (Å²) in [5.74, 6) is 0.434. The van der Waals surface area contributed by atoms with Gasteiger partial charge >= 0.3 is 0 Å². The molecule has 1 fully saturated rings. The second kappa shape index (κ2) is 6.68. The summed E-state index contributed by atoms with van der Waals surface area (Å²) in [4.78, 5) is 31.3. The molecule has 1 aliphatic rings. The lowest BCUT2D eigenvalue weighted by Crippen LogP contribution is -2.28. The van der Waals surface area contributed by atoms with E-state index in [-0.39, 0.29) is 18.0 Å². The molecule has 0 atom stereocenters. The van der Waals surface area contributed by atoms with Crippen molar-refractivity contribution in [3.05, 3.63) is 39.4 Å². The molecule has 3 heterocycles. The molecule has 26 heavy (non-hydrogen) atoms. The molecule has 0 aliphatic heterocycles. The predicted molar refractivity (Wildman–Crippen MR) is 102 cm³/mol. The molecule has 1 aliphatic carbocycles. The number of carbonyl (C=O) groups excluding carboxylic acids is 1. The molecular weight excluding hydrogens is 350 g/mol. The molecule has 0 radical (unpaired) electrons. The highest BCUT2D eigenvalue weighted by Crippen LogP contribution is 2.31. The summed E-state index contributed by atoms with van der Waals surface area (Å²) in [5.41, 5.74) is 0.771. The van der Waals surface area contributed by atoms with Crippen molar-refractivity contribution < 1.29 is 4.79 Å². The lowest BCUT2D eigenvalue weighted by atomic mass is 10.2. The first-order valence-electron chi connectivity index (χ1n) is 8.83. The minimum Gasteiger partial charge on any atom is -0.309 e. The summed E-state index contributed by atoms with van der Waals surface area (Å²) in [7, 11) is 0. The van der Waals surface area contributed by atoms with E-state index in [1.807, 2.05) is 18.5 Å². The minimum absolute atomic E-state index is 0.0635. The molecule has 136 valence electrons. The SMILES string of the molecule is Cc1sc2ncn(CC(=O)Nc3ccnn3C3CCCC3)c(=O)c2c1C. The Bertz CT molecular complexity index is 1030. The Labute approximate surface area is 154 Å². The van der Waals surface area contributed by atoms with E-state index < -0.39 is 0 Å². The number of anilines is 1. The highest BCUT2D eigenvalue weighted by molar-refractivity contribution is 7.18. The second-order valence-corrected chi connectivity index (χ2v) is 7.99. The van der Waals surface area contributed by atoms with Crippen LogP contribution in [0.2, 0.25) is 0 Å². The number of carbonyl (C=O) groups is 1. The monoisotopic (exact) mass is 371 g/mol. The molecule has 1 amide bonds. The Morgan fingerprint density at radius 2 is 2.12 bits per heavy atom. The van der Waals surface area contributed by atoms with E-state index in [4.69, 9.17) is 0 Å². The fraction of sp³-hybridized carbons (Fsp3) is 0.444. The highest BCUT2D eigenvalue weighted by atomic mass is 32.1. The van der Waals surface area contributed by atoms with E-state index in [1.54, 1.807) is 12.3 Å². The van der Waals surface area contributed by atoms with Crippen LogP contribution in [-0.4, -0.2) is 25.2 Å². The number of aryl methyl sites for hydroxylation is 2. The molecule has 7 nitrogen and oxygen atoms in total. The predicted octanol–water partition coefficient (Wildman–Crippen LogP) is 3.03. The van der Waals surface area contributed by atoms with Gasteiger partial charge in [-0.05, 0) is 32.3 Å². The van der Waals surface area contributed by atoms with Crippen LogP contribution in [0.5, 0.6) is 0 Å². The molecule has 0 saturated heterocycles. The van der Waals surface area contributed by atoms with Gasteiger partial charge in [0, 0.05) is 10.9 Å². The number of fused-ring (bicyclic) bond motifs is 1. The van der Waals surface area contributed by atoms with Gasteiger partial charge in [0.2, 0.25) is 5.91 Å². The summed E-state index contributed by atoms with van der Waals surface area (Å²) in [6.45, 7) is 3.83. The number of thiophene rings is 1. The highest BCUT2D eigenvalue weighted by Gasteiger charge is 2.21. The number of nitrogens with zero attached hydrogens (tertiary/aromatic N) is 4. The maximum absolute atomic E-state index is 12.7. The third-order valence-corrected chi connectivity index (χ3v) is 6.19. The van der Waals surface area contributed by atoms with Crippen LogP contribution in [0.1, 0.15) is 42.2 Å². The molecule has 3 aromatic heterocycles. The molecule has 1 saturated carbocycles. The smallest absolute Gasteiger partial charge is 0.262 e. The van der Waals surface area contributed by atoms with Crippen molar-refractivity contribution in [3.63, 3.8) is 0 Å². The van der Waals surface area contributed by atoms with E-state index in [0.29, 0.717) is 17.2 Å². The lowest BCUT2D eigenvalue weighted by molar-refractivity contribution is -0.116. The molecule has 0 aromatic carbocycles. The number of rotatable bonds is 4. The second-order valence-electron chi connectivity index (χ2n) is 6.79. The van der Waals surface area contributed by atoms with Crippen molar-refractivity contribution in [1.82, 2.24) is 19.3 Å². The summed E-state index contributed by atoms with van der Waals surface area (Å²) in [6.07, 6.45) is 7.71. The Morgan fingerprint density at radius 1 is 1.35 bits per heavy atom. The lowest BCUT2D eigenvalue weighted by Gasteiger charge is -2.15. The molecule has 4 rings (SSSR count). The molecule has 0 bridgehead atoms. The van der Waals surface area contributed by atoms with Crippen LogP contribution in [0.15, 0.2) is 23.4 Å². The fourth-order valence-corrected chi connectivity index (χ4v) is 4.56. The standard InChI is InChI=1S/C18H21N5O2S/c1-11-12(2)26-17-16(11)18(25)22(10-19-17)9-15(24)21-14-7-8-20-23(14)13-5-3-4-6-13/h7-8,10,13H,3-6,9H2,1-2H3,(H,21,24). The normalized spacial score (nSPS) is 15.0. The van der Waals surface area contributed by atoms with E-state index in [0.717, 1.165) is 28.1 Å². The third-order valence-electron chi connectivity index (χ3n) is 5.08. The maximum atomic E-state index is 12.7. The number of amides is 1. The van der Waals surface area contributed by atoms with Crippen LogP contribution in [0.4, 0.5) is 5.82 Å². The minimum atomic E-state index is -0.252. The van der Waals surface area contributed by atoms with Gasteiger partial charge in [-0.2, -0.15) is 5.10 Å². The van der Waals surface area contributed by atoms with Crippen LogP contribution in [0.3, 0.4) is 0 Å². The Balaban J connectivity index is 1.55. The molecule has 3 aromatic rings. The van der Waals surface area contributed by atoms with Gasteiger partial charge in [0.1, 0.15) is 17.2 Å². The van der Waals surface area contributed by atoms with Crippen molar-refractivity contribution in [1.29, 1.82) is 0 Å². The van der Waals surface area contributed by atoms with Gasteiger partial charge in [-0.3, -0.25) is 14.2 Å². The van der Waals surface area contributed by atoms with Gasteiger partial charge < -0.3 is 5.32 Å². The zero-order valence-corrected chi connectivity index (χ0v) is 15.7. The van der Waals surface area contributed by atoms with Crippen LogP contribution in [0.25, 0.3) is 10.2 Å². The van der Waals surface area contributed by atoms with Gasteiger partial charge in [-0.15, -0.1) is 11.3 Å². The van der Waals surface area contributed by atoms with E-state index in [9.17, 15) is 9.59 Å². The molecular formula is C18H21N5O2S. The molecule has 0 spiro atoms. The molecule has 8 heteroatoms. The summed E-state index contributed by atoms with van der Waals surface area (Å²) >= 11 is 1.50. The van der Waals surface area contributed by atoms with Crippen molar-refractivity contribution in [2.24, 2.45) is 0 Å². The van der Waals surface area contributed by atoms with Gasteiger partial charge in [-0.25, -0.2) is 9.67 Å². The van der Waals surface area contributed by atoms with Gasteiger partial charge in [0.05, 0.1) is 24.0 Å². The third kappa shape index (κ3) is 2.94. The quantitative estimate of drug-likeness (QED) is 0.764.